The zero-order valence-corrected chi connectivity index (χ0v) is 15.0. The fourth-order valence-electron chi connectivity index (χ4n) is 2.35. The van der Waals surface area contributed by atoms with Gasteiger partial charge >= 0.3 is 5.97 Å². The van der Waals surface area contributed by atoms with Crippen LogP contribution in [0, 0.1) is 5.41 Å². The molecule has 1 aromatic heterocycles. The topological polar surface area (TPSA) is 76.5 Å². The Morgan fingerprint density at radius 1 is 1.38 bits per heavy atom. The Kier molecular flexibility index (Phi) is 6.10. The maximum atomic E-state index is 12.2. The van der Waals surface area contributed by atoms with Crippen LogP contribution in [0.2, 0.25) is 5.02 Å². The molecule has 0 aliphatic carbocycles. The van der Waals surface area contributed by atoms with Gasteiger partial charge in [0.25, 0.3) is 0 Å². The highest BCUT2D eigenvalue weighted by Crippen LogP contribution is 2.30. The number of ketones is 1. The quantitative estimate of drug-likeness (QED) is 0.769. The van der Waals surface area contributed by atoms with Gasteiger partial charge in [-0.1, -0.05) is 29.8 Å². The number of hydrogen-bond acceptors (Lipinski definition) is 5. The molecule has 1 heterocycles. The Hall–Kier alpha value is -1.76. The number of rotatable bonds is 8. The average Bonchev–Trinajstić information content (AvgIpc) is 2.95. The van der Waals surface area contributed by atoms with Crippen LogP contribution < -0.4 is 0 Å². The predicted octanol–water partition coefficient (Wildman–Crippen LogP) is 3.70. The number of carbonyl (C=O) groups is 2. The number of Topliss-reactive ketones (excluding diaryl/α,β-unsaturated/α-hetero) is 1. The highest BCUT2D eigenvalue weighted by molar-refractivity contribution is 7.13. The first-order chi connectivity index (χ1) is 11.4. The van der Waals surface area contributed by atoms with Gasteiger partial charge < -0.3 is 9.84 Å². The monoisotopic (exact) mass is 367 g/mol. The van der Waals surface area contributed by atoms with Crippen LogP contribution in [0.1, 0.15) is 19.0 Å². The Balaban J connectivity index is 2.08. The number of carboxylic acid groups (broad SMARTS) is 1. The van der Waals surface area contributed by atoms with Crippen molar-refractivity contribution in [3.05, 3.63) is 40.4 Å². The third-order valence-corrected chi connectivity index (χ3v) is 4.85. The summed E-state index contributed by atoms with van der Waals surface area (Å²) in [5.41, 5.74) is 0.204. The summed E-state index contributed by atoms with van der Waals surface area (Å²) in [5, 5.41) is 12.4. The van der Waals surface area contributed by atoms with Gasteiger partial charge in [-0.3, -0.25) is 9.59 Å². The Morgan fingerprint density at radius 3 is 2.71 bits per heavy atom. The number of carbonyl (C=O) groups excluding carboxylic acids is 1. The normalized spacial score (nSPS) is 13.5. The van der Waals surface area contributed by atoms with Crippen LogP contribution in [0.4, 0.5) is 0 Å². The van der Waals surface area contributed by atoms with E-state index in [1.54, 1.807) is 11.4 Å². The van der Waals surface area contributed by atoms with Gasteiger partial charge in [0.1, 0.15) is 10.8 Å². The van der Waals surface area contributed by atoms with E-state index in [1.807, 2.05) is 18.2 Å². The smallest absolute Gasteiger partial charge is 0.312 e. The first-order valence-electron chi connectivity index (χ1n) is 7.29. The second-order valence-corrected chi connectivity index (χ2v) is 7.08. The lowest BCUT2D eigenvalue weighted by Crippen LogP contribution is -2.35. The summed E-state index contributed by atoms with van der Waals surface area (Å²) in [7, 11) is 1.42. The predicted molar refractivity (Wildman–Crippen MR) is 93.5 cm³/mol. The van der Waals surface area contributed by atoms with Crippen LogP contribution in [-0.2, 0) is 20.7 Å². The summed E-state index contributed by atoms with van der Waals surface area (Å²) < 4.78 is 4.93. The van der Waals surface area contributed by atoms with Gasteiger partial charge in [0, 0.05) is 30.9 Å². The van der Waals surface area contributed by atoms with Crippen molar-refractivity contribution in [2.45, 2.75) is 19.8 Å². The molecule has 1 atom stereocenters. The second-order valence-electron chi connectivity index (χ2n) is 5.81. The summed E-state index contributed by atoms with van der Waals surface area (Å²) in [6, 6.07) is 7.36. The fourth-order valence-corrected chi connectivity index (χ4v) is 3.49. The van der Waals surface area contributed by atoms with E-state index in [1.165, 1.54) is 25.4 Å². The molecule has 2 aromatic rings. The molecule has 0 fully saturated rings. The lowest BCUT2D eigenvalue weighted by Gasteiger charge is -2.22. The number of methoxy groups -OCH3 is 1. The zero-order valence-electron chi connectivity index (χ0n) is 13.4. The molecule has 0 spiro atoms. The summed E-state index contributed by atoms with van der Waals surface area (Å²) in [5.74, 6) is -1.24. The molecule has 1 unspecified atom stereocenters. The van der Waals surface area contributed by atoms with E-state index >= 15 is 0 Å². The number of aliphatic carboxylic acids is 1. The van der Waals surface area contributed by atoms with Crippen molar-refractivity contribution >= 4 is 34.7 Å². The minimum atomic E-state index is -1.23. The SMILES string of the molecule is COCC(C)(CC(=O)Cc1csc(-c2ccccc2Cl)n1)C(=O)O. The van der Waals surface area contributed by atoms with Crippen molar-refractivity contribution in [1.29, 1.82) is 0 Å². The maximum Gasteiger partial charge on any atom is 0.312 e. The van der Waals surface area contributed by atoms with Crippen LogP contribution in [-0.4, -0.2) is 35.6 Å². The van der Waals surface area contributed by atoms with Crippen LogP contribution in [0.25, 0.3) is 10.6 Å². The molecule has 0 aliphatic heterocycles. The highest BCUT2D eigenvalue weighted by atomic mass is 35.5. The summed E-state index contributed by atoms with van der Waals surface area (Å²) in [4.78, 5) is 28.0. The first kappa shape index (κ1) is 18.6. The summed E-state index contributed by atoms with van der Waals surface area (Å²) >= 11 is 7.56. The van der Waals surface area contributed by atoms with Crippen molar-refractivity contribution < 1.29 is 19.4 Å². The minimum Gasteiger partial charge on any atom is -0.481 e. The molecule has 0 amide bonds. The molecule has 0 bridgehead atoms. The zero-order chi connectivity index (χ0) is 17.7. The van der Waals surface area contributed by atoms with Gasteiger partial charge in [0.05, 0.1) is 22.7 Å². The molecule has 24 heavy (non-hydrogen) atoms. The first-order valence-corrected chi connectivity index (χ1v) is 8.55. The number of nitrogens with zero attached hydrogens (tertiary/aromatic N) is 1. The van der Waals surface area contributed by atoms with Crippen molar-refractivity contribution in [1.82, 2.24) is 4.98 Å². The molecule has 128 valence electrons. The number of ether oxygens (including phenoxy) is 1. The van der Waals surface area contributed by atoms with E-state index < -0.39 is 11.4 Å². The highest BCUT2D eigenvalue weighted by Gasteiger charge is 2.35. The number of hydrogen-bond donors (Lipinski definition) is 1. The van der Waals surface area contributed by atoms with Crippen LogP contribution in [0.3, 0.4) is 0 Å². The summed E-state index contributed by atoms with van der Waals surface area (Å²) in [6.45, 7) is 1.49. The van der Waals surface area contributed by atoms with Crippen LogP contribution >= 0.6 is 22.9 Å². The Bertz CT molecular complexity index is 746. The average molecular weight is 368 g/mol. The largest absolute Gasteiger partial charge is 0.481 e. The van der Waals surface area contributed by atoms with Crippen molar-refractivity contribution in [2.75, 3.05) is 13.7 Å². The molecule has 0 radical (unpaired) electrons. The van der Waals surface area contributed by atoms with Gasteiger partial charge in [-0.05, 0) is 13.0 Å². The van der Waals surface area contributed by atoms with E-state index in [2.05, 4.69) is 4.98 Å². The lowest BCUT2D eigenvalue weighted by molar-refractivity contribution is -0.153. The molecular weight excluding hydrogens is 350 g/mol. The summed E-state index contributed by atoms with van der Waals surface area (Å²) in [6.07, 6.45) is -0.0112. The van der Waals surface area contributed by atoms with Gasteiger partial charge in [-0.25, -0.2) is 4.98 Å². The van der Waals surface area contributed by atoms with Crippen LogP contribution in [0.5, 0.6) is 0 Å². The van der Waals surface area contributed by atoms with Crippen molar-refractivity contribution in [3.63, 3.8) is 0 Å². The lowest BCUT2D eigenvalue weighted by atomic mass is 9.85. The van der Waals surface area contributed by atoms with Gasteiger partial charge in [-0.15, -0.1) is 11.3 Å². The molecule has 0 saturated carbocycles. The number of carboxylic acids is 1. The molecule has 1 aromatic carbocycles. The Labute approximate surface area is 149 Å². The molecule has 1 N–H and O–H groups in total. The number of aromatic nitrogens is 1. The van der Waals surface area contributed by atoms with E-state index in [0.717, 1.165) is 10.6 Å². The number of halogens is 1. The molecular formula is C17H18ClNO4S. The van der Waals surface area contributed by atoms with E-state index in [-0.39, 0.29) is 25.2 Å². The van der Waals surface area contributed by atoms with Crippen molar-refractivity contribution in [3.8, 4) is 10.6 Å². The van der Waals surface area contributed by atoms with E-state index in [0.29, 0.717) is 10.7 Å². The van der Waals surface area contributed by atoms with Gasteiger partial charge in [0.2, 0.25) is 0 Å². The van der Waals surface area contributed by atoms with E-state index in [4.69, 9.17) is 16.3 Å². The molecule has 7 heteroatoms. The van der Waals surface area contributed by atoms with Crippen molar-refractivity contribution in [2.24, 2.45) is 5.41 Å². The number of benzene rings is 1. The maximum absolute atomic E-state index is 12.2. The standard InChI is InChI=1S/C17H18ClNO4S/c1-17(10-23-2,16(21)22)8-12(20)7-11-9-24-15(19-11)13-5-3-4-6-14(13)18/h3-6,9H,7-8,10H2,1-2H3,(H,21,22). The van der Waals surface area contributed by atoms with Crippen LogP contribution in [0.15, 0.2) is 29.6 Å². The van der Waals surface area contributed by atoms with Gasteiger partial charge in [0.15, 0.2) is 0 Å². The van der Waals surface area contributed by atoms with Gasteiger partial charge in [-0.2, -0.15) is 0 Å². The molecule has 5 nitrogen and oxygen atoms in total. The Morgan fingerprint density at radius 2 is 2.08 bits per heavy atom. The molecule has 2 rings (SSSR count). The van der Waals surface area contributed by atoms with E-state index in [9.17, 15) is 14.7 Å². The third-order valence-electron chi connectivity index (χ3n) is 3.60. The molecule has 0 saturated heterocycles. The minimum absolute atomic E-state index is 0.0178. The third kappa shape index (κ3) is 4.41. The fraction of sp³-hybridized carbons (Fsp3) is 0.353. The second kappa shape index (κ2) is 7.88. The number of thiazole rings is 1. The molecule has 0 aliphatic rings.